The first-order chi connectivity index (χ1) is 14.3. The maximum atomic E-state index is 12.4. The van der Waals surface area contributed by atoms with Gasteiger partial charge >= 0.3 is 0 Å². The molecule has 0 fully saturated rings. The average Bonchev–Trinajstić information content (AvgIpc) is 3.20. The number of hydrogen-bond donors (Lipinski definition) is 3. The van der Waals surface area contributed by atoms with Crippen LogP contribution < -0.4 is 16.8 Å². The van der Waals surface area contributed by atoms with E-state index in [4.69, 9.17) is 23.1 Å². The Kier molecular flexibility index (Phi) is 6.48. The van der Waals surface area contributed by atoms with Gasteiger partial charge in [-0.2, -0.15) is 0 Å². The zero-order chi connectivity index (χ0) is 21.7. The molecule has 5 N–H and O–H groups in total. The van der Waals surface area contributed by atoms with Gasteiger partial charge in [0.2, 0.25) is 0 Å². The second-order valence-corrected chi connectivity index (χ2v) is 7.04. The quantitative estimate of drug-likeness (QED) is 0.523. The van der Waals surface area contributed by atoms with Gasteiger partial charge in [0, 0.05) is 27.7 Å². The Bertz CT molecular complexity index is 1130. The van der Waals surface area contributed by atoms with E-state index in [9.17, 15) is 4.79 Å². The molecule has 0 aliphatic heterocycles. The van der Waals surface area contributed by atoms with Gasteiger partial charge < -0.3 is 16.8 Å². The molecule has 0 saturated carbocycles. The van der Waals surface area contributed by atoms with Crippen LogP contribution in [0.15, 0.2) is 60.4 Å². The summed E-state index contributed by atoms with van der Waals surface area (Å²) in [4.78, 5) is 16.7. The van der Waals surface area contributed by atoms with E-state index in [2.05, 4.69) is 20.6 Å². The fourth-order valence-corrected chi connectivity index (χ4v) is 2.97. The van der Waals surface area contributed by atoms with Crippen LogP contribution in [0.3, 0.4) is 0 Å². The molecule has 2 aromatic heterocycles. The number of carbonyl (C=O) groups is 1. The molecule has 0 unspecified atom stereocenters. The molecule has 0 spiro atoms. The van der Waals surface area contributed by atoms with Crippen molar-refractivity contribution in [2.45, 2.75) is 13.8 Å². The number of halogens is 1. The molecule has 30 heavy (non-hydrogen) atoms. The van der Waals surface area contributed by atoms with Crippen LogP contribution in [0.25, 0.3) is 11.4 Å². The fraction of sp³-hybridized carbons (Fsp3) is 0.143. The molecular formula is C21H22ClN7O. The highest BCUT2D eigenvalue weighted by atomic mass is 35.5. The molecule has 2 heterocycles. The molecule has 1 aromatic carbocycles. The Hall–Kier alpha value is -3.65. The lowest BCUT2D eigenvalue weighted by atomic mass is 10.1. The number of rotatable bonds is 6. The number of nitrogens with zero attached hydrogens (tertiary/aromatic N) is 4. The van der Waals surface area contributed by atoms with Gasteiger partial charge in [0.1, 0.15) is 0 Å². The van der Waals surface area contributed by atoms with Crippen LogP contribution in [0.1, 0.15) is 27.4 Å². The summed E-state index contributed by atoms with van der Waals surface area (Å²) in [6.07, 6.45) is 4.81. The van der Waals surface area contributed by atoms with Gasteiger partial charge in [-0.25, -0.2) is 4.68 Å². The van der Waals surface area contributed by atoms with Crippen molar-refractivity contribution in [2.24, 2.45) is 11.5 Å². The standard InChI is InChI=1S/C21H22ClN7O/c1-13-7-10-20(14(2)26-13)29-12-19(27-28-29)21(30)25-11-15(23)8-9-18(24)16-5-3-4-6-17(16)22/h3-10,12H,11,23-24H2,1-2H3,(H,25,30)/b15-8-,18-9-. The Morgan fingerprint density at radius 1 is 1.17 bits per heavy atom. The molecule has 154 valence electrons. The number of allylic oxidation sites excluding steroid dienone is 2. The number of nitrogens with two attached hydrogens (primary N) is 2. The largest absolute Gasteiger partial charge is 0.401 e. The topological polar surface area (TPSA) is 125 Å². The van der Waals surface area contributed by atoms with Gasteiger partial charge in [-0.3, -0.25) is 9.78 Å². The second kappa shape index (κ2) is 9.23. The van der Waals surface area contributed by atoms with Crippen molar-refractivity contribution >= 4 is 23.2 Å². The normalized spacial score (nSPS) is 12.1. The van der Waals surface area contributed by atoms with Crippen molar-refractivity contribution in [3.8, 4) is 5.69 Å². The number of amides is 1. The van der Waals surface area contributed by atoms with E-state index in [0.717, 1.165) is 17.1 Å². The lowest BCUT2D eigenvalue weighted by Gasteiger charge is -2.05. The molecule has 0 bridgehead atoms. The molecule has 0 aliphatic carbocycles. The van der Waals surface area contributed by atoms with E-state index in [1.807, 2.05) is 44.2 Å². The van der Waals surface area contributed by atoms with E-state index in [1.165, 1.54) is 4.68 Å². The molecule has 0 radical (unpaired) electrons. The van der Waals surface area contributed by atoms with Crippen molar-refractivity contribution in [3.63, 3.8) is 0 Å². The minimum absolute atomic E-state index is 0.128. The Labute approximate surface area is 179 Å². The lowest BCUT2D eigenvalue weighted by molar-refractivity contribution is 0.0952. The maximum absolute atomic E-state index is 12.4. The molecule has 1 amide bonds. The van der Waals surface area contributed by atoms with Crippen molar-refractivity contribution in [1.82, 2.24) is 25.3 Å². The molecule has 0 aliphatic rings. The van der Waals surface area contributed by atoms with Gasteiger partial charge in [0.25, 0.3) is 5.91 Å². The van der Waals surface area contributed by atoms with Gasteiger partial charge in [-0.1, -0.05) is 35.0 Å². The van der Waals surface area contributed by atoms with Crippen LogP contribution in [0.4, 0.5) is 0 Å². The lowest BCUT2D eigenvalue weighted by Crippen LogP contribution is -2.28. The molecule has 0 atom stereocenters. The van der Waals surface area contributed by atoms with E-state index >= 15 is 0 Å². The van der Waals surface area contributed by atoms with Gasteiger partial charge in [0.05, 0.1) is 24.1 Å². The fourth-order valence-electron chi connectivity index (χ4n) is 2.72. The molecule has 3 aromatic rings. The smallest absolute Gasteiger partial charge is 0.273 e. The summed E-state index contributed by atoms with van der Waals surface area (Å²) < 4.78 is 1.52. The summed E-state index contributed by atoms with van der Waals surface area (Å²) in [5, 5.41) is 11.2. The van der Waals surface area contributed by atoms with Crippen molar-refractivity contribution in [3.05, 3.63) is 88.1 Å². The molecular weight excluding hydrogens is 402 g/mol. The SMILES string of the molecule is Cc1ccc(-n2cc(C(=O)NC/C(N)=C/C=C(\N)c3ccccc3Cl)nn2)c(C)n1. The number of benzene rings is 1. The molecule has 9 heteroatoms. The van der Waals surface area contributed by atoms with Crippen LogP contribution in [0.5, 0.6) is 0 Å². The third kappa shape index (κ3) is 5.03. The first-order valence-corrected chi connectivity index (χ1v) is 9.55. The number of nitrogens with one attached hydrogen (secondary N) is 1. The van der Waals surface area contributed by atoms with E-state index < -0.39 is 5.91 Å². The highest BCUT2D eigenvalue weighted by Crippen LogP contribution is 2.20. The summed E-state index contributed by atoms with van der Waals surface area (Å²) in [5.74, 6) is -0.390. The molecule has 3 rings (SSSR count). The minimum Gasteiger partial charge on any atom is -0.401 e. The first kappa shape index (κ1) is 21.1. The third-order valence-corrected chi connectivity index (χ3v) is 4.61. The van der Waals surface area contributed by atoms with Crippen LogP contribution in [0.2, 0.25) is 5.02 Å². The molecule has 0 saturated heterocycles. The van der Waals surface area contributed by atoms with Crippen molar-refractivity contribution in [2.75, 3.05) is 6.54 Å². The first-order valence-electron chi connectivity index (χ1n) is 9.17. The van der Waals surface area contributed by atoms with Gasteiger partial charge in [-0.05, 0) is 44.2 Å². The van der Waals surface area contributed by atoms with Crippen LogP contribution in [-0.2, 0) is 0 Å². The summed E-state index contributed by atoms with van der Waals surface area (Å²) in [7, 11) is 0. The van der Waals surface area contributed by atoms with Gasteiger partial charge in [-0.15, -0.1) is 5.10 Å². The summed E-state index contributed by atoms with van der Waals surface area (Å²) >= 11 is 6.12. The van der Waals surface area contributed by atoms with Crippen LogP contribution in [-0.4, -0.2) is 32.4 Å². The molecule has 8 nitrogen and oxygen atoms in total. The van der Waals surface area contributed by atoms with Crippen molar-refractivity contribution < 1.29 is 4.79 Å². The number of carbonyl (C=O) groups excluding carboxylic acids is 1. The predicted octanol–water partition coefficient (Wildman–Crippen LogP) is 2.50. The zero-order valence-corrected chi connectivity index (χ0v) is 17.4. The zero-order valence-electron chi connectivity index (χ0n) is 16.6. The third-order valence-electron chi connectivity index (χ3n) is 4.28. The van der Waals surface area contributed by atoms with E-state index in [0.29, 0.717) is 22.0 Å². The van der Waals surface area contributed by atoms with Crippen molar-refractivity contribution in [1.29, 1.82) is 0 Å². The highest BCUT2D eigenvalue weighted by molar-refractivity contribution is 6.32. The highest BCUT2D eigenvalue weighted by Gasteiger charge is 2.13. The second-order valence-electron chi connectivity index (χ2n) is 6.63. The maximum Gasteiger partial charge on any atom is 0.273 e. The van der Waals surface area contributed by atoms with Crippen LogP contribution >= 0.6 is 11.6 Å². The summed E-state index contributed by atoms with van der Waals surface area (Å²) in [5.41, 5.74) is 16.2. The predicted molar refractivity (Wildman–Crippen MR) is 117 cm³/mol. The van der Waals surface area contributed by atoms with Crippen LogP contribution in [0, 0.1) is 13.8 Å². The monoisotopic (exact) mass is 423 g/mol. The summed E-state index contributed by atoms with van der Waals surface area (Å²) in [6.45, 7) is 3.91. The minimum atomic E-state index is -0.390. The Morgan fingerprint density at radius 3 is 2.67 bits per heavy atom. The number of hydrogen-bond acceptors (Lipinski definition) is 6. The Morgan fingerprint density at radius 2 is 1.93 bits per heavy atom. The number of aromatic nitrogens is 4. The number of pyridine rings is 1. The van der Waals surface area contributed by atoms with Gasteiger partial charge in [0.15, 0.2) is 5.69 Å². The van der Waals surface area contributed by atoms with E-state index in [-0.39, 0.29) is 12.2 Å². The Balaban J connectivity index is 1.63. The summed E-state index contributed by atoms with van der Waals surface area (Å²) in [6, 6.07) is 11.0. The average molecular weight is 424 g/mol. The van der Waals surface area contributed by atoms with E-state index in [1.54, 1.807) is 24.4 Å². The number of aryl methyl sites for hydroxylation is 2.